The predicted octanol–water partition coefficient (Wildman–Crippen LogP) is 2.55. The van der Waals surface area contributed by atoms with Crippen molar-refractivity contribution in [3.63, 3.8) is 0 Å². The lowest BCUT2D eigenvalue weighted by Gasteiger charge is -2.08. The number of hydrogen-bond donors (Lipinski definition) is 0. The minimum Gasteiger partial charge on any atom is -0.741 e. The van der Waals surface area contributed by atoms with Crippen LogP contribution in [-0.4, -0.2) is 18.5 Å². The summed E-state index contributed by atoms with van der Waals surface area (Å²) in [5.41, 5.74) is -5.11. The Balaban J connectivity index is 0.000000561. The monoisotopic (exact) mass is 355 g/mol. The highest BCUT2D eigenvalue weighted by atomic mass is 32.2. The maximum atomic E-state index is 10.7. The van der Waals surface area contributed by atoms with Crippen molar-refractivity contribution < 1.29 is 26.1 Å². The smallest absolute Gasteiger partial charge is 0.485 e. The van der Waals surface area contributed by atoms with Crippen LogP contribution in [0.1, 0.15) is 5.56 Å². The van der Waals surface area contributed by atoms with Crippen molar-refractivity contribution in [1.82, 2.24) is 0 Å². The molecule has 0 spiro atoms. The quantitative estimate of drug-likeness (QED) is 0.324. The van der Waals surface area contributed by atoms with Crippen LogP contribution in [0.5, 0.6) is 0 Å². The van der Waals surface area contributed by atoms with Gasteiger partial charge in [-0.05, 0) is 17.7 Å². The van der Waals surface area contributed by atoms with E-state index in [2.05, 4.69) is 4.98 Å². The maximum Gasteiger partial charge on any atom is 0.485 e. The lowest BCUT2D eigenvalue weighted by Crippen LogP contribution is -2.21. The fraction of sp³-hybridized carbons (Fsp3) is 0.0833. The predicted molar refractivity (Wildman–Crippen MR) is 70.7 cm³/mol. The van der Waals surface area contributed by atoms with Gasteiger partial charge in [0.1, 0.15) is 23.8 Å². The number of hydrogen-bond acceptors (Lipinski definition) is 7. The number of nitriles is 3. The molecule has 0 bridgehead atoms. The van der Waals surface area contributed by atoms with Gasteiger partial charge in [0.2, 0.25) is 5.39 Å². The first-order chi connectivity index (χ1) is 11.0. The second-order valence-electron chi connectivity index (χ2n) is 3.63. The van der Waals surface area contributed by atoms with E-state index in [1.807, 2.05) is 0 Å². The highest BCUT2D eigenvalue weighted by Gasteiger charge is 2.36. The van der Waals surface area contributed by atoms with Crippen molar-refractivity contribution in [2.45, 2.75) is 5.51 Å². The molecule has 8 nitrogen and oxygen atoms in total. The molecule has 0 aliphatic rings. The van der Waals surface area contributed by atoms with Crippen molar-refractivity contribution >= 4 is 21.4 Å². The fourth-order valence-electron chi connectivity index (χ4n) is 1.10. The van der Waals surface area contributed by atoms with Gasteiger partial charge in [-0.3, -0.25) is 0 Å². The topological polar surface area (TPSA) is 157 Å². The van der Waals surface area contributed by atoms with Crippen LogP contribution in [0, 0.1) is 39.4 Å². The zero-order chi connectivity index (χ0) is 19.0. The van der Waals surface area contributed by atoms with E-state index < -0.39 is 15.6 Å². The number of benzene rings is 1. The molecule has 1 rings (SSSR count). The van der Waals surface area contributed by atoms with Crippen molar-refractivity contribution in [3.05, 3.63) is 40.4 Å². The summed E-state index contributed by atoms with van der Waals surface area (Å²) in [5, 5.41) is 34.6. The first-order valence-corrected chi connectivity index (χ1v) is 6.85. The number of allylic oxidation sites excluding steroid dienone is 2. The van der Waals surface area contributed by atoms with E-state index >= 15 is 0 Å². The van der Waals surface area contributed by atoms with Crippen LogP contribution in [0.25, 0.3) is 10.5 Å². The summed E-state index contributed by atoms with van der Waals surface area (Å²) in [6.45, 7) is 0. The van der Waals surface area contributed by atoms with Crippen LogP contribution in [0.2, 0.25) is 0 Å². The second-order valence-corrected chi connectivity index (χ2v) is 5.00. The number of halogens is 3. The minimum absolute atomic E-state index is 0.00879. The fourth-order valence-corrected chi connectivity index (χ4v) is 1.10. The van der Waals surface area contributed by atoms with Crippen LogP contribution < -0.4 is 0 Å². The highest BCUT2D eigenvalue weighted by Crippen LogP contribution is 2.21. The van der Waals surface area contributed by atoms with Gasteiger partial charge in [-0.2, -0.15) is 29.0 Å². The SMILES string of the molecule is N#CC(C#N)=C(C#N)c1ccc([N+]#N)cc1.O=S(=O)([O-])C(F)(F)F. The van der Waals surface area contributed by atoms with E-state index in [-0.39, 0.29) is 11.1 Å². The van der Waals surface area contributed by atoms with Crippen LogP contribution in [0.15, 0.2) is 29.8 Å². The lowest BCUT2D eigenvalue weighted by molar-refractivity contribution is -0.0517. The van der Waals surface area contributed by atoms with Gasteiger partial charge < -0.3 is 4.55 Å². The summed E-state index contributed by atoms with van der Waals surface area (Å²) >= 11 is 0. The third-order valence-corrected chi connectivity index (χ3v) is 2.71. The molecule has 1 aromatic carbocycles. The van der Waals surface area contributed by atoms with E-state index in [1.165, 1.54) is 24.3 Å². The van der Waals surface area contributed by atoms with Gasteiger partial charge >= 0.3 is 11.2 Å². The van der Waals surface area contributed by atoms with Gasteiger partial charge in [-0.1, -0.05) is 0 Å². The molecule has 0 atom stereocenters. The van der Waals surface area contributed by atoms with Gasteiger partial charge in [0.15, 0.2) is 15.1 Å². The number of nitrogens with zero attached hydrogens (tertiary/aromatic N) is 5. The van der Waals surface area contributed by atoms with Gasteiger partial charge in [-0.25, -0.2) is 8.42 Å². The Morgan fingerprint density at radius 1 is 1.04 bits per heavy atom. The summed E-state index contributed by atoms with van der Waals surface area (Å²) < 4.78 is 58.9. The molecule has 0 aliphatic heterocycles. The molecule has 0 aromatic heterocycles. The molecule has 0 unspecified atom stereocenters. The Morgan fingerprint density at radius 3 is 1.71 bits per heavy atom. The van der Waals surface area contributed by atoms with Crippen LogP contribution in [0.4, 0.5) is 18.9 Å². The Kier molecular flexibility index (Phi) is 7.07. The van der Waals surface area contributed by atoms with Gasteiger partial charge in [0, 0.05) is 12.1 Å². The normalized spacial score (nSPS) is 9.83. The first-order valence-electron chi connectivity index (χ1n) is 5.44. The molecule has 0 amide bonds. The van der Waals surface area contributed by atoms with Crippen LogP contribution in [0.3, 0.4) is 0 Å². The van der Waals surface area contributed by atoms with E-state index in [0.717, 1.165) is 0 Å². The molecule has 24 heavy (non-hydrogen) atoms. The average Bonchev–Trinajstić information content (AvgIpc) is 2.51. The van der Waals surface area contributed by atoms with Crippen LogP contribution in [-0.2, 0) is 10.1 Å². The number of diazo groups is 1. The molecule has 0 heterocycles. The molecule has 0 aliphatic carbocycles. The summed E-state index contributed by atoms with van der Waals surface area (Å²) in [6.07, 6.45) is 0. The van der Waals surface area contributed by atoms with E-state index in [9.17, 15) is 13.2 Å². The molecule has 122 valence electrons. The first kappa shape index (κ1) is 20.6. The molecule has 0 saturated heterocycles. The third-order valence-electron chi connectivity index (χ3n) is 2.14. The zero-order valence-electron chi connectivity index (χ0n) is 11.3. The molecule has 12 heteroatoms. The molecule has 0 fully saturated rings. The van der Waals surface area contributed by atoms with Gasteiger partial charge in [0.05, 0.1) is 5.57 Å². The summed E-state index contributed by atoms with van der Waals surface area (Å²) in [5.74, 6) is 0. The van der Waals surface area contributed by atoms with E-state index in [0.29, 0.717) is 11.3 Å². The van der Waals surface area contributed by atoms with Gasteiger partial charge in [0.25, 0.3) is 0 Å². The van der Waals surface area contributed by atoms with Crippen molar-refractivity contribution in [2.75, 3.05) is 0 Å². The lowest BCUT2D eigenvalue weighted by atomic mass is 10.0. The van der Waals surface area contributed by atoms with Crippen molar-refractivity contribution in [1.29, 1.82) is 21.2 Å². The van der Waals surface area contributed by atoms with Crippen molar-refractivity contribution in [3.8, 4) is 18.2 Å². The standard InChI is InChI=1S/C11H4N5.CHF3O3S/c12-5-9(6-13)11(7-14)8-1-3-10(16-15)4-2-8;2-1(3,4)8(5,6)7/h1-4H;(H,5,6,7)/q+1;/p-1. The maximum absolute atomic E-state index is 10.7. The van der Waals surface area contributed by atoms with Crippen molar-refractivity contribution in [2.24, 2.45) is 0 Å². The second kappa shape index (κ2) is 8.25. The molecule has 1 aromatic rings. The number of alkyl halides is 3. The Labute approximate surface area is 133 Å². The van der Waals surface area contributed by atoms with E-state index in [1.54, 1.807) is 18.2 Å². The highest BCUT2D eigenvalue weighted by molar-refractivity contribution is 7.86. The molecule has 0 radical (unpaired) electrons. The summed E-state index contributed by atoms with van der Waals surface area (Å²) in [7, 11) is -6.09. The molecular formula is C12H4F3N5O3S. The Bertz CT molecular complexity index is 892. The van der Waals surface area contributed by atoms with E-state index in [4.69, 9.17) is 34.1 Å². The summed E-state index contributed by atoms with van der Waals surface area (Å²) in [4.78, 5) is 2.95. The Hall–Kier alpha value is -3.45. The zero-order valence-corrected chi connectivity index (χ0v) is 12.1. The molecular weight excluding hydrogens is 351 g/mol. The minimum atomic E-state index is -6.09. The van der Waals surface area contributed by atoms with Crippen LogP contribution >= 0.6 is 0 Å². The average molecular weight is 355 g/mol. The Morgan fingerprint density at radius 2 is 1.46 bits per heavy atom. The van der Waals surface area contributed by atoms with Gasteiger partial charge in [-0.15, -0.1) is 0 Å². The number of rotatable bonds is 1. The molecule has 0 N–H and O–H groups in total. The molecule has 0 saturated carbocycles. The summed E-state index contributed by atoms with van der Waals surface area (Å²) in [6, 6.07) is 11.1. The largest absolute Gasteiger partial charge is 0.741 e. The third kappa shape index (κ3) is 5.74.